The third-order valence-corrected chi connectivity index (χ3v) is 9.91. The lowest BCUT2D eigenvalue weighted by Crippen LogP contribution is -2.57. The molecule has 2 heterocycles. The summed E-state index contributed by atoms with van der Waals surface area (Å²) in [6, 6.07) is 5.61. The van der Waals surface area contributed by atoms with Gasteiger partial charge in [0.05, 0.1) is 48.5 Å². The Morgan fingerprint density at radius 1 is 1.11 bits per heavy atom. The minimum absolute atomic E-state index is 0.0150. The molecule has 1 aliphatic carbocycles. The number of ether oxygens (including phenoxy) is 2. The minimum atomic E-state index is -4.72. The molecule has 2 aliphatic heterocycles. The highest BCUT2D eigenvalue weighted by molar-refractivity contribution is 7.81. The fourth-order valence-electron chi connectivity index (χ4n) is 7.21. The number of amides is 1. The van der Waals surface area contributed by atoms with Crippen LogP contribution >= 0.6 is 12.6 Å². The maximum absolute atomic E-state index is 13.7. The van der Waals surface area contributed by atoms with Gasteiger partial charge >= 0.3 is 12.1 Å². The van der Waals surface area contributed by atoms with Crippen LogP contribution in [0.15, 0.2) is 18.2 Å². The molecule has 1 amide bonds. The molecule has 3 fully saturated rings. The Morgan fingerprint density at radius 2 is 1.76 bits per heavy atom. The van der Waals surface area contributed by atoms with Gasteiger partial charge in [-0.2, -0.15) is 18.4 Å². The molecule has 1 aromatic rings. The fraction of sp³-hybridized carbons (Fsp3) is 0.719. The quantitative estimate of drug-likeness (QED) is 0.282. The maximum Gasteiger partial charge on any atom is 0.417 e. The van der Waals surface area contributed by atoms with Crippen molar-refractivity contribution in [3.05, 3.63) is 29.3 Å². The molecular formula is C32H46F3N5O4S. The number of alkyl halides is 3. The molecule has 0 bridgehead atoms. The average molecular weight is 654 g/mol. The van der Waals surface area contributed by atoms with Crippen LogP contribution in [0.5, 0.6) is 0 Å². The molecule has 13 heteroatoms. The molecule has 250 valence electrons. The highest BCUT2D eigenvalue weighted by Gasteiger charge is 2.54. The highest BCUT2D eigenvalue weighted by atomic mass is 32.1. The van der Waals surface area contributed by atoms with Crippen molar-refractivity contribution in [3.63, 3.8) is 0 Å². The summed E-state index contributed by atoms with van der Waals surface area (Å²) in [6.45, 7) is 14.1. The molecule has 1 aromatic carbocycles. The van der Waals surface area contributed by atoms with Crippen LogP contribution in [0.4, 0.5) is 18.9 Å². The van der Waals surface area contributed by atoms with Gasteiger partial charge in [0, 0.05) is 50.0 Å². The third-order valence-electron chi connectivity index (χ3n) is 9.43. The second kappa shape index (κ2) is 14.6. The Bertz CT molecular complexity index is 1240. The van der Waals surface area contributed by atoms with Gasteiger partial charge in [0.1, 0.15) is 5.50 Å². The molecule has 1 unspecified atom stereocenters. The molecule has 4 rings (SSSR count). The van der Waals surface area contributed by atoms with Gasteiger partial charge in [0.15, 0.2) is 0 Å². The first-order valence-corrected chi connectivity index (χ1v) is 16.4. The summed E-state index contributed by atoms with van der Waals surface area (Å²) in [5.41, 5.74) is -3.20. The van der Waals surface area contributed by atoms with E-state index in [4.69, 9.17) is 22.1 Å². The average Bonchev–Trinajstić information content (AvgIpc) is 3.15. The first-order chi connectivity index (χ1) is 21.2. The van der Waals surface area contributed by atoms with Crippen molar-refractivity contribution in [2.24, 2.45) is 0 Å². The van der Waals surface area contributed by atoms with Gasteiger partial charge in [-0.05, 0) is 78.5 Å². The van der Waals surface area contributed by atoms with Crippen molar-refractivity contribution in [1.29, 1.82) is 5.26 Å². The van der Waals surface area contributed by atoms with Crippen LogP contribution < -0.4 is 4.90 Å². The summed E-state index contributed by atoms with van der Waals surface area (Å²) in [7, 11) is 0. The highest BCUT2D eigenvalue weighted by Crippen LogP contribution is 2.43. The first kappa shape index (κ1) is 35.5. The Morgan fingerprint density at radius 3 is 2.33 bits per heavy atom. The minimum Gasteiger partial charge on any atom is -0.466 e. The van der Waals surface area contributed by atoms with E-state index < -0.39 is 28.3 Å². The van der Waals surface area contributed by atoms with E-state index in [2.05, 4.69) is 23.6 Å². The van der Waals surface area contributed by atoms with Gasteiger partial charge in [0.2, 0.25) is 5.91 Å². The molecular weight excluding hydrogens is 607 g/mol. The summed E-state index contributed by atoms with van der Waals surface area (Å²) in [4.78, 5) is 33.5. The zero-order chi connectivity index (χ0) is 33.1. The van der Waals surface area contributed by atoms with Crippen LogP contribution in [0, 0.1) is 11.3 Å². The van der Waals surface area contributed by atoms with Crippen molar-refractivity contribution in [1.82, 2.24) is 14.7 Å². The summed E-state index contributed by atoms with van der Waals surface area (Å²) in [6.07, 6.45) is -1.03. The standard InChI is InChI=1S/C32H46F3N5O4S/c1-6-43-28(41)13-14-38-21(2)19-37(20-22(38)3)15-16-44-26-11-9-24(10-12-26)40-30(45)39(29(42)31(40,4)5)25-8-7-23(18-36)27(17-25)32(33,34)35/h7-8,17,21-22,24,26,30,45H,6,9-16,19-20H2,1-5H3/t21-,22+,24?,26?,30?. The Kier molecular flexibility index (Phi) is 11.5. The molecule has 1 saturated carbocycles. The van der Waals surface area contributed by atoms with Crippen LogP contribution in [-0.4, -0.2) is 101 Å². The molecule has 2 saturated heterocycles. The Balaban J connectivity index is 1.28. The summed E-state index contributed by atoms with van der Waals surface area (Å²) in [5, 5.41) is 9.18. The molecule has 9 nitrogen and oxygen atoms in total. The summed E-state index contributed by atoms with van der Waals surface area (Å²) >= 11 is 4.74. The van der Waals surface area contributed by atoms with E-state index in [1.54, 1.807) is 19.9 Å². The zero-order valence-electron chi connectivity index (χ0n) is 26.8. The molecule has 45 heavy (non-hydrogen) atoms. The number of rotatable bonds is 10. The number of esters is 1. The zero-order valence-corrected chi connectivity index (χ0v) is 27.7. The van der Waals surface area contributed by atoms with E-state index in [9.17, 15) is 28.0 Å². The van der Waals surface area contributed by atoms with Crippen LogP contribution in [0.2, 0.25) is 0 Å². The SMILES string of the molecule is CCOC(=O)CCN1[C@H](C)CN(CCOC2CCC(N3C(S)N(c4ccc(C#N)c(C(F)(F)F)c4)C(=O)C3(C)C)CC2)C[C@@H]1C. The number of halogens is 3. The lowest BCUT2D eigenvalue weighted by atomic mass is 9.89. The Labute approximate surface area is 270 Å². The topological polar surface area (TPSA) is 89.3 Å². The number of nitrogens with zero attached hydrogens (tertiary/aromatic N) is 5. The lowest BCUT2D eigenvalue weighted by molar-refractivity contribution is -0.144. The molecule has 3 aliphatic rings. The van der Waals surface area contributed by atoms with E-state index in [0.29, 0.717) is 38.3 Å². The number of benzene rings is 1. The monoisotopic (exact) mass is 653 g/mol. The van der Waals surface area contributed by atoms with Crippen molar-refractivity contribution in [3.8, 4) is 6.07 Å². The number of carbonyl (C=O) groups excluding carboxylic acids is 2. The van der Waals surface area contributed by atoms with Gasteiger partial charge in [-0.1, -0.05) is 0 Å². The lowest BCUT2D eigenvalue weighted by Gasteiger charge is -2.44. The van der Waals surface area contributed by atoms with E-state index in [0.717, 1.165) is 57.5 Å². The normalized spacial score (nSPS) is 28.3. The van der Waals surface area contributed by atoms with Gasteiger partial charge in [-0.3, -0.25) is 29.2 Å². The number of nitriles is 1. The van der Waals surface area contributed by atoms with Gasteiger partial charge < -0.3 is 9.47 Å². The smallest absolute Gasteiger partial charge is 0.417 e. The number of hydrogen-bond acceptors (Lipinski definition) is 9. The fourth-order valence-corrected chi connectivity index (χ4v) is 7.93. The van der Waals surface area contributed by atoms with Crippen LogP contribution in [-0.2, 0) is 25.2 Å². The Hall–Kier alpha value is -2.37. The summed E-state index contributed by atoms with van der Waals surface area (Å²) < 4.78 is 52.3. The summed E-state index contributed by atoms with van der Waals surface area (Å²) in [5.74, 6) is -0.487. The van der Waals surface area contributed by atoms with E-state index >= 15 is 0 Å². The first-order valence-electron chi connectivity index (χ1n) is 15.9. The van der Waals surface area contributed by atoms with Crippen molar-refractivity contribution >= 4 is 30.2 Å². The van der Waals surface area contributed by atoms with Crippen LogP contribution in [0.1, 0.15) is 77.8 Å². The van der Waals surface area contributed by atoms with Crippen molar-refractivity contribution < 1.29 is 32.2 Å². The molecule has 3 atom stereocenters. The maximum atomic E-state index is 13.7. The molecule has 0 radical (unpaired) electrons. The second-order valence-corrected chi connectivity index (χ2v) is 13.3. The van der Waals surface area contributed by atoms with Crippen LogP contribution in [0.3, 0.4) is 0 Å². The predicted octanol–water partition coefficient (Wildman–Crippen LogP) is 4.89. The number of carbonyl (C=O) groups is 2. The molecule has 0 aromatic heterocycles. The number of hydrogen-bond donors (Lipinski definition) is 1. The number of thiol groups is 1. The molecule has 0 N–H and O–H groups in total. The van der Waals surface area contributed by atoms with Gasteiger partial charge in [-0.25, -0.2) is 0 Å². The van der Waals surface area contributed by atoms with E-state index in [1.165, 1.54) is 11.0 Å². The van der Waals surface area contributed by atoms with Crippen molar-refractivity contribution in [2.45, 2.75) is 108 Å². The number of anilines is 1. The van der Waals surface area contributed by atoms with E-state index in [1.807, 2.05) is 11.8 Å². The molecule has 0 spiro atoms. The largest absolute Gasteiger partial charge is 0.466 e. The third kappa shape index (κ3) is 7.96. The van der Waals surface area contributed by atoms with Crippen LogP contribution in [0.25, 0.3) is 0 Å². The second-order valence-electron chi connectivity index (χ2n) is 12.9. The van der Waals surface area contributed by atoms with Gasteiger partial charge in [-0.15, -0.1) is 12.6 Å². The van der Waals surface area contributed by atoms with Crippen molar-refractivity contribution in [2.75, 3.05) is 44.3 Å². The van der Waals surface area contributed by atoms with E-state index in [-0.39, 0.29) is 29.7 Å². The predicted molar refractivity (Wildman–Crippen MR) is 168 cm³/mol. The van der Waals surface area contributed by atoms with Gasteiger partial charge in [0.25, 0.3) is 0 Å². The number of piperazine rings is 1.